The zero-order chi connectivity index (χ0) is 9.14. The van der Waals surface area contributed by atoms with Crippen molar-refractivity contribution in [1.82, 2.24) is 0 Å². The van der Waals surface area contributed by atoms with Gasteiger partial charge in [-0.25, -0.2) is 9.98 Å². The highest BCUT2D eigenvalue weighted by Crippen LogP contribution is 2.16. The molecule has 3 nitrogen and oxygen atoms in total. The Morgan fingerprint density at radius 2 is 2.33 bits per heavy atom. The van der Waals surface area contributed by atoms with Gasteiger partial charge in [-0.15, -0.1) is 0 Å². The van der Waals surface area contributed by atoms with E-state index in [0.717, 1.165) is 18.0 Å². The minimum atomic E-state index is 0.0705. The Labute approximate surface area is 73.1 Å². The Morgan fingerprint density at radius 1 is 1.67 bits per heavy atom. The third-order valence-corrected chi connectivity index (χ3v) is 1.64. The Morgan fingerprint density at radius 3 is 2.83 bits per heavy atom. The van der Waals surface area contributed by atoms with Gasteiger partial charge in [-0.05, 0) is 32.8 Å². The van der Waals surface area contributed by atoms with E-state index in [1.807, 2.05) is 20.8 Å². The number of nitrogens with zero attached hydrogens (tertiary/aromatic N) is 2. The van der Waals surface area contributed by atoms with E-state index in [2.05, 4.69) is 9.98 Å². The van der Waals surface area contributed by atoms with E-state index >= 15 is 0 Å². The maximum absolute atomic E-state index is 5.69. The van der Waals surface area contributed by atoms with E-state index in [9.17, 15) is 0 Å². The second-order valence-electron chi connectivity index (χ2n) is 3.31. The summed E-state index contributed by atoms with van der Waals surface area (Å²) in [6.07, 6.45) is 2.63. The molecule has 1 atom stereocenters. The van der Waals surface area contributed by atoms with E-state index in [1.54, 1.807) is 6.21 Å². The average molecular weight is 165 g/mol. The van der Waals surface area contributed by atoms with Crippen molar-refractivity contribution in [2.24, 2.45) is 15.7 Å². The molecule has 0 saturated carbocycles. The molecule has 1 rings (SSSR count). The van der Waals surface area contributed by atoms with Gasteiger partial charge in [-0.2, -0.15) is 0 Å². The van der Waals surface area contributed by atoms with E-state index in [0.29, 0.717) is 0 Å². The minimum absolute atomic E-state index is 0.0705. The highest BCUT2D eigenvalue weighted by Gasteiger charge is 2.09. The van der Waals surface area contributed by atoms with Crippen molar-refractivity contribution in [3.05, 3.63) is 11.4 Å². The van der Waals surface area contributed by atoms with Crippen LogP contribution in [0, 0.1) is 0 Å². The minimum Gasteiger partial charge on any atom is -0.323 e. The van der Waals surface area contributed by atoms with Gasteiger partial charge in [0.15, 0.2) is 0 Å². The van der Waals surface area contributed by atoms with Crippen LogP contribution in [-0.2, 0) is 0 Å². The molecule has 1 aliphatic heterocycles. The van der Waals surface area contributed by atoms with Gasteiger partial charge in [0.25, 0.3) is 0 Å². The highest BCUT2D eigenvalue weighted by atomic mass is 15.0. The van der Waals surface area contributed by atoms with E-state index in [4.69, 9.17) is 5.73 Å². The lowest BCUT2D eigenvalue weighted by molar-refractivity contribution is 0.814. The van der Waals surface area contributed by atoms with Gasteiger partial charge in [0.2, 0.25) is 0 Å². The van der Waals surface area contributed by atoms with Gasteiger partial charge in [0.05, 0.1) is 0 Å². The summed E-state index contributed by atoms with van der Waals surface area (Å²) in [5.41, 5.74) is 7.88. The molecule has 1 heterocycles. The highest BCUT2D eigenvalue weighted by molar-refractivity contribution is 5.80. The Hall–Kier alpha value is -0.960. The van der Waals surface area contributed by atoms with Gasteiger partial charge in [-0.1, -0.05) is 0 Å². The summed E-state index contributed by atoms with van der Waals surface area (Å²) in [5, 5.41) is 0. The number of nitrogens with two attached hydrogens (primary N) is 1. The topological polar surface area (TPSA) is 50.7 Å². The molecule has 0 aromatic heterocycles. The second-order valence-corrected chi connectivity index (χ2v) is 3.31. The van der Waals surface area contributed by atoms with Crippen LogP contribution < -0.4 is 5.73 Å². The van der Waals surface area contributed by atoms with Crippen molar-refractivity contribution in [3.63, 3.8) is 0 Å². The lowest BCUT2D eigenvalue weighted by Crippen LogP contribution is -2.24. The van der Waals surface area contributed by atoms with Crippen LogP contribution in [0.25, 0.3) is 0 Å². The summed E-state index contributed by atoms with van der Waals surface area (Å²) in [5.74, 6) is 0.830. The first-order valence-corrected chi connectivity index (χ1v) is 4.11. The van der Waals surface area contributed by atoms with Crippen molar-refractivity contribution < 1.29 is 0 Å². The molecular formula is C9H15N3. The molecule has 12 heavy (non-hydrogen) atoms. The molecule has 66 valence electrons. The van der Waals surface area contributed by atoms with Crippen LogP contribution in [0.3, 0.4) is 0 Å². The van der Waals surface area contributed by atoms with Gasteiger partial charge in [0, 0.05) is 18.0 Å². The summed E-state index contributed by atoms with van der Waals surface area (Å²) in [7, 11) is 0. The predicted octanol–water partition coefficient (Wildman–Crippen LogP) is 1.50. The van der Waals surface area contributed by atoms with Crippen LogP contribution >= 0.6 is 0 Å². The molecule has 0 aromatic rings. The van der Waals surface area contributed by atoms with Crippen molar-refractivity contribution in [2.75, 3.05) is 0 Å². The summed E-state index contributed by atoms with van der Waals surface area (Å²) in [6, 6.07) is 0.0705. The number of rotatable bonds is 1. The smallest absolute Gasteiger partial charge is 0.150 e. The predicted molar refractivity (Wildman–Crippen MR) is 52.6 cm³/mol. The van der Waals surface area contributed by atoms with Crippen molar-refractivity contribution >= 4 is 11.9 Å². The lowest BCUT2D eigenvalue weighted by Gasteiger charge is -2.13. The maximum Gasteiger partial charge on any atom is 0.150 e. The van der Waals surface area contributed by atoms with E-state index in [-0.39, 0.29) is 6.04 Å². The maximum atomic E-state index is 5.69. The van der Waals surface area contributed by atoms with Crippen LogP contribution in [0.2, 0.25) is 0 Å². The fourth-order valence-electron chi connectivity index (χ4n) is 1.11. The first-order valence-electron chi connectivity index (χ1n) is 4.11. The van der Waals surface area contributed by atoms with Crippen LogP contribution in [0.5, 0.6) is 0 Å². The molecule has 0 spiro atoms. The van der Waals surface area contributed by atoms with Gasteiger partial charge >= 0.3 is 0 Å². The van der Waals surface area contributed by atoms with E-state index in [1.165, 1.54) is 5.57 Å². The standard InChI is InChI=1S/C9H15N3/c1-6(2)12-9-7(3)4-8(10)5-11-9/h5,8H,4,10H2,1-3H3. The molecule has 0 fully saturated rings. The zero-order valence-electron chi connectivity index (χ0n) is 7.83. The molecule has 0 aromatic carbocycles. The average Bonchev–Trinajstić information content (AvgIpc) is 1.94. The molecule has 0 saturated heterocycles. The van der Waals surface area contributed by atoms with Crippen molar-refractivity contribution in [1.29, 1.82) is 0 Å². The molecule has 1 unspecified atom stereocenters. The van der Waals surface area contributed by atoms with Gasteiger partial charge < -0.3 is 5.73 Å². The van der Waals surface area contributed by atoms with Gasteiger partial charge in [-0.3, -0.25) is 0 Å². The third-order valence-electron chi connectivity index (χ3n) is 1.64. The monoisotopic (exact) mass is 165 g/mol. The SMILES string of the molecule is CC(C)=NC1=C(C)CC(N)C=N1. The first kappa shape index (κ1) is 9.13. The number of hydrogen-bond acceptors (Lipinski definition) is 3. The Bertz CT molecular complexity index is 257. The zero-order valence-corrected chi connectivity index (χ0v) is 7.83. The summed E-state index contributed by atoms with van der Waals surface area (Å²) >= 11 is 0. The normalized spacial score (nSPS) is 22.8. The Balaban J connectivity index is 2.85. The molecule has 0 radical (unpaired) electrons. The first-order chi connectivity index (χ1) is 5.59. The largest absolute Gasteiger partial charge is 0.323 e. The van der Waals surface area contributed by atoms with Crippen LogP contribution in [0.1, 0.15) is 27.2 Å². The van der Waals surface area contributed by atoms with Crippen molar-refractivity contribution in [3.8, 4) is 0 Å². The molecule has 3 heteroatoms. The van der Waals surface area contributed by atoms with Crippen molar-refractivity contribution in [2.45, 2.75) is 33.2 Å². The fraction of sp³-hybridized carbons (Fsp3) is 0.556. The Kier molecular flexibility index (Phi) is 2.76. The van der Waals surface area contributed by atoms with E-state index < -0.39 is 0 Å². The fourth-order valence-corrected chi connectivity index (χ4v) is 1.11. The molecule has 0 amide bonds. The molecule has 0 bridgehead atoms. The number of aliphatic imine (C=N–C) groups is 2. The summed E-state index contributed by atoms with van der Waals surface area (Å²) in [4.78, 5) is 8.47. The summed E-state index contributed by atoms with van der Waals surface area (Å²) < 4.78 is 0. The van der Waals surface area contributed by atoms with Crippen LogP contribution in [0.15, 0.2) is 21.4 Å². The van der Waals surface area contributed by atoms with Gasteiger partial charge in [0.1, 0.15) is 5.82 Å². The molecule has 0 aliphatic carbocycles. The molecule has 1 aliphatic rings. The lowest BCUT2D eigenvalue weighted by atomic mass is 10.1. The quantitative estimate of drug-likeness (QED) is 0.588. The molecule has 2 N–H and O–H groups in total. The number of hydrogen-bond donors (Lipinski definition) is 1. The molecular weight excluding hydrogens is 150 g/mol. The second kappa shape index (κ2) is 3.63. The van der Waals surface area contributed by atoms with Crippen LogP contribution in [0.4, 0.5) is 0 Å². The van der Waals surface area contributed by atoms with Crippen LogP contribution in [-0.4, -0.2) is 18.0 Å². The summed E-state index contributed by atoms with van der Waals surface area (Å²) in [6.45, 7) is 5.95. The third kappa shape index (κ3) is 2.27.